The first-order chi connectivity index (χ1) is 19.5. The molecule has 2 aliphatic rings. The summed E-state index contributed by atoms with van der Waals surface area (Å²) in [6.07, 6.45) is 9.33. The van der Waals surface area contributed by atoms with Crippen molar-refractivity contribution in [3.8, 4) is 5.75 Å². The summed E-state index contributed by atoms with van der Waals surface area (Å²) in [6.45, 7) is 3.01. The van der Waals surface area contributed by atoms with E-state index in [0.717, 1.165) is 65.7 Å². The highest BCUT2D eigenvalue weighted by Gasteiger charge is 2.33. The molecule has 1 heterocycles. The van der Waals surface area contributed by atoms with Gasteiger partial charge in [0.15, 0.2) is 0 Å². The number of esters is 1. The number of aromatic nitrogens is 1. The zero-order valence-corrected chi connectivity index (χ0v) is 23.8. The third-order valence-electron chi connectivity index (χ3n) is 8.74. The minimum absolute atomic E-state index is 0.0458. The lowest BCUT2D eigenvalue weighted by atomic mass is 9.86. The Morgan fingerprint density at radius 1 is 1.07 bits per heavy atom. The summed E-state index contributed by atoms with van der Waals surface area (Å²) in [5.74, 6) is 0.920. The number of hydrogen-bond donors (Lipinski definition) is 0. The van der Waals surface area contributed by atoms with E-state index in [0.29, 0.717) is 31.8 Å². The van der Waals surface area contributed by atoms with Gasteiger partial charge in [0.05, 0.1) is 13.7 Å². The van der Waals surface area contributed by atoms with E-state index >= 15 is 0 Å². The Labute approximate surface area is 236 Å². The lowest BCUT2D eigenvalue weighted by Gasteiger charge is -2.38. The molecule has 7 heteroatoms. The molecule has 0 bridgehead atoms. The van der Waals surface area contributed by atoms with Crippen molar-refractivity contribution < 1.29 is 23.5 Å². The number of rotatable bonds is 10. The van der Waals surface area contributed by atoms with E-state index in [1.807, 2.05) is 28.8 Å². The number of para-hydroxylation sites is 1. The average Bonchev–Trinajstić information content (AvgIpc) is 3.27. The molecule has 0 aliphatic heterocycles. The molecule has 40 heavy (non-hydrogen) atoms. The first-order valence-electron chi connectivity index (χ1n) is 14.8. The second-order valence-corrected chi connectivity index (χ2v) is 11.2. The van der Waals surface area contributed by atoms with Crippen LogP contribution >= 0.6 is 0 Å². The molecule has 1 aromatic heterocycles. The van der Waals surface area contributed by atoms with Gasteiger partial charge in [-0.2, -0.15) is 0 Å². The number of halogens is 1. The van der Waals surface area contributed by atoms with Gasteiger partial charge in [-0.05, 0) is 86.8 Å². The van der Waals surface area contributed by atoms with E-state index in [-0.39, 0.29) is 30.3 Å². The fourth-order valence-corrected chi connectivity index (χ4v) is 6.78. The number of ether oxygens (including phenoxy) is 2. The average molecular weight is 549 g/mol. The summed E-state index contributed by atoms with van der Waals surface area (Å²) >= 11 is 0. The van der Waals surface area contributed by atoms with Gasteiger partial charge in [-0.1, -0.05) is 37.5 Å². The lowest BCUT2D eigenvalue weighted by Crippen LogP contribution is -2.46. The van der Waals surface area contributed by atoms with Crippen molar-refractivity contribution in [2.75, 3.05) is 20.3 Å². The first-order valence-corrected chi connectivity index (χ1v) is 14.8. The standard InChI is InChI=1S/C33H41FN2O4/c1-3-40-33(38)22-36-29-16-14-25(34)19-27(29)28-20-26(15-17-30(28)36)35(21-23-9-5-4-6-10-23)32(37)18-13-24-11-7-8-12-31(24)39-2/h7-8,11-12,14,16,19,23,26H,3-6,9-10,13,15,17-18,20-22H2,1-2H3/t26-/m0/s1. The molecular weight excluding hydrogens is 507 g/mol. The van der Waals surface area contributed by atoms with E-state index in [1.54, 1.807) is 26.2 Å². The summed E-state index contributed by atoms with van der Waals surface area (Å²) in [7, 11) is 1.66. The van der Waals surface area contributed by atoms with Crippen LogP contribution in [0.1, 0.15) is 68.7 Å². The van der Waals surface area contributed by atoms with Gasteiger partial charge >= 0.3 is 5.97 Å². The quantitative estimate of drug-likeness (QED) is 0.281. The number of aryl methyl sites for hydroxylation is 1. The summed E-state index contributed by atoms with van der Waals surface area (Å²) in [4.78, 5) is 28.5. The maximum absolute atomic E-state index is 14.4. The van der Waals surface area contributed by atoms with Crippen LogP contribution < -0.4 is 4.74 Å². The molecule has 2 aliphatic carbocycles. The van der Waals surface area contributed by atoms with Crippen LogP contribution in [-0.4, -0.2) is 47.6 Å². The number of carbonyl (C=O) groups excluding carboxylic acids is 2. The molecule has 214 valence electrons. The number of amides is 1. The van der Waals surface area contributed by atoms with E-state index in [4.69, 9.17) is 9.47 Å². The molecule has 6 nitrogen and oxygen atoms in total. The molecule has 0 unspecified atom stereocenters. The van der Waals surface area contributed by atoms with Crippen molar-refractivity contribution >= 4 is 22.8 Å². The Kier molecular flexibility index (Phi) is 9.08. The molecular formula is C33H41FN2O4. The third kappa shape index (κ3) is 6.18. The Morgan fingerprint density at radius 3 is 2.65 bits per heavy atom. The van der Waals surface area contributed by atoms with Gasteiger partial charge in [0.25, 0.3) is 0 Å². The molecule has 1 fully saturated rings. The monoisotopic (exact) mass is 548 g/mol. The minimum atomic E-state index is -0.294. The van der Waals surface area contributed by atoms with Crippen LogP contribution in [0.2, 0.25) is 0 Å². The number of nitrogens with zero attached hydrogens (tertiary/aromatic N) is 2. The van der Waals surface area contributed by atoms with E-state index in [9.17, 15) is 14.0 Å². The number of fused-ring (bicyclic) bond motifs is 3. The number of carbonyl (C=O) groups is 2. The summed E-state index contributed by atoms with van der Waals surface area (Å²) in [6, 6.07) is 12.7. The largest absolute Gasteiger partial charge is 0.496 e. The van der Waals surface area contributed by atoms with Crippen LogP contribution in [0.15, 0.2) is 42.5 Å². The van der Waals surface area contributed by atoms with Crippen LogP contribution in [0.3, 0.4) is 0 Å². The van der Waals surface area contributed by atoms with Crippen molar-refractivity contribution in [2.45, 2.75) is 83.7 Å². The molecule has 0 radical (unpaired) electrons. The maximum atomic E-state index is 14.4. The van der Waals surface area contributed by atoms with Crippen molar-refractivity contribution in [2.24, 2.45) is 5.92 Å². The highest BCUT2D eigenvalue weighted by molar-refractivity contribution is 5.87. The predicted octanol–water partition coefficient (Wildman–Crippen LogP) is 6.25. The molecule has 3 aromatic rings. The normalized spacial score (nSPS) is 17.4. The number of methoxy groups -OCH3 is 1. The lowest BCUT2D eigenvalue weighted by molar-refractivity contribution is -0.143. The van der Waals surface area contributed by atoms with Crippen molar-refractivity contribution in [1.29, 1.82) is 0 Å². The van der Waals surface area contributed by atoms with Crippen molar-refractivity contribution in [1.82, 2.24) is 9.47 Å². The Hall–Kier alpha value is -3.35. The topological polar surface area (TPSA) is 60.8 Å². The Balaban J connectivity index is 1.42. The molecule has 1 atom stereocenters. The Morgan fingerprint density at radius 2 is 1.88 bits per heavy atom. The SMILES string of the molecule is CCOC(=O)Cn1c2c(c3cc(F)ccc31)C[C@@H](N(CC1CCCCC1)C(=O)CCc1ccccc1OC)CC2. The molecule has 2 aromatic carbocycles. The maximum Gasteiger partial charge on any atom is 0.325 e. The number of hydrogen-bond acceptors (Lipinski definition) is 4. The first kappa shape index (κ1) is 28.2. The fraction of sp³-hybridized carbons (Fsp3) is 0.515. The molecule has 1 saturated carbocycles. The smallest absolute Gasteiger partial charge is 0.325 e. The van der Waals surface area contributed by atoms with Gasteiger partial charge < -0.3 is 18.9 Å². The van der Waals surface area contributed by atoms with E-state index in [1.165, 1.54) is 25.3 Å². The highest BCUT2D eigenvalue weighted by Crippen LogP contribution is 2.36. The zero-order valence-electron chi connectivity index (χ0n) is 23.8. The van der Waals surface area contributed by atoms with E-state index < -0.39 is 0 Å². The van der Waals surface area contributed by atoms with E-state index in [2.05, 4.69) is 4.90 Å². The summed E-state index contributed by atoms with van der Waals surface area (Å²) < 4.78 is 27.2. The van der Waals surface area contributed by atoms with Crippen LogP contribution in [0.5, 0.6) is 5.75 Å². The van der Waals surface area contributed by atoms with Gasteiger partial charge in [-0.25, -0.2) is 4.39 Å². The van der Waals surface area contributed by atoms with Crippen LogP contribution in [-0.2, 0) is 40.1 Å². The van der Waals surface area contributed by atoms with Crippen LogP contribution in [0, 0.1) is 11.7 Å². The third-order valence-corrected chi connectivity index (χ3v) is 8.74. The summed E-state index contributed by atoms with van der Waals surface area (Å²) in [5.41, 5.74) is 4.01. The van der Waals surface area contributed by atoms with Crippen LogP contribution in [0.25, 0.3) is 10.9 Å². The van der Waals surface area contributed by atoms with Crippen molar-refractivity contribution in [3.63, 3.8) is 0 Å². The molecule has 0 spiro atoms. The molecule has 1 amide bonds. The van der Waals surface area contributed by atoms with Gasteiger partial charge in [-0.3, -0.25) is 9.59 Å². The van der Waals surface area contributed by atoms with Crippen LogP contribution in [0.4, 0.5) is 4.39 Å². The van der Waals surface area contributed by atoms with Gasteiger partial charge in [0.2, 0.25) is 5.91 Å². The molecule has 0 N–H and O–H groups in total. The fourth-order valence-electron chi connectivity index (χ4n) is 6.78. The van der Waals surface area contributed by atoms with Gasteiger partial charge in [0, 0.05) is 35.6 Å². The second kappa shape index (κ2) is 12.9. The second-order valence-electron chi connectivity index (χ2n) is 11.2. The zero-order chi connectivity index (χ0) is 28.1. The minimum Gasteiger partial charge on any atom is -0.496 e. The molecule has 0 saturated heterocycles. The highest BCUT2D eigenvalue weighted by atomic mass is 19.1. The predicted molar refractivity (Wildman–Crippen MR) is 154 cm³/mol. The summed E-state index contributed by atoms with van der Waals surface area (Å²) in [5, 5.41) is 0.836. The van der Waals surface area contributed by atoms with Gasteiger partial charge in [0.1, 0.15) is 18.1 Å². The Bertz CT molecular complexity index is 1340. The van der Waals surface area contributed by atoms with Gasteiger partial charge in [-0.15, -0.1) is 0 Å². The number of benzene rings is 2. The van der Waals surface area contributed by atoms with Crippen molar-refractivity contribution in [3.05, 3.63) is 65.1 Å². The molecule has 5 rings (SSSR count).